The summed E-state index contributed by atoms with van der Waals surface area (Å²) in [7, 11) is 1.61. The number of carbonyl (C=O) groups is 2. The van der Waals surface area contributed by atoms with Gasteiger partial charge in [-0.15, -0.1) is 0 Å². The molecule has 5 nitrogen and oxygen atoms in total. The number of rotatable bonds is 6. The highest BCUT2D eigenvalue weighted by atomic mass is 16.5. The third kappa shape index (κ3) is 3.45. The lowest BCUT2D eigenvalue weighted by atomic mass is 9.85. The lowest BCUT2D eigenvalue weighted by molar-refractivity contribution is -0.149. The Labute approximate surface area is 108 Å². The van der Waals surface area contributed by atoms with Crippen LogP contribution >= 0.6 is 0 Å². The molecule has 0 saturated heterocycles. The molecule has 1 rings (SSSR count). The van der Waals surface area contributed by atoms with Crippen molar-refractivity contribution in [3.05, 3.63) is 0 Å². The van der Waals surface area contributed by atoms with Crippen molar-refractivity contribution in [3.63, 3.8) is 0 Å². The summed E-state index contributed by atoms with van der Waals surface area (Å²) >= 11 is 0. The van der Waals surface area contributed by atoms with Crippen LogP contribution in [0.1, 0.15) is 46.0 Å². The smallest absolute Gasteiger partial charge is 0.311 e. The highest BCUT2D eigenvalue weighted by Crippen LogP contribution is 2.38. The van der Waals surface area contributed by atoms with Crippen LogP contribution in [-0.2, 0) is 14.3 Å². The van der Waals surface area contributed by atoms with Crippen LogP contribution < -0.4 is 5.32 Å². The Kier molecular flexibility index (Phi) is 5.14. The molecule has 0 radical (unpaired) electrons. The number of carbonyl (C=O) groups excluding carboxylic acids is 1. The van der Waals surface area contributed by atoms with Crippen molar-refractivity contribution in [1.82, 2.24) is 5.32 Å². The van der Waals surface area contributed by atoms with E-state index < -0.39 is 11.4 Å². The fourth-order valence-corrected chi connectivity index (χ4v) is 2.37. The van der Waals surface area contributed by atoms with E-state index in [9.17, 15) is 14.7 Å². The molecule has 1 aliphatic carbocycles. The number of hydrogen-bond donors (Lipinski definition) is 2. The molecule has 3 atom stereocenters. The van der Waals surface area contributed by atoms with Gasteiger partial charge in [0.2, 0.25) is 5.91 Å². The van der Waals surface area contributed by atoms with Crippen molar-refractivity contribution in [1.29, 1.82) is 0 Å². The lowest BCUT2D eigenvalue weighted by Gasteiger charge is -2.27. The van der Waals surface area contributed by atoms with Crippen LogP contribution in [0.15, 0.2) is 0 Å². The first-order valence-electron chi connectivity index (χ1n) is 6.45. The Morgan fingerprint density at radius 2 is 2.22 bits per heavy atom. The Morgan fingerprint density at radius 3 is 2.78 bits per heavy atom. The monoisotopic (exact) mass is 257 g/mol. The normalized spacial score (nSPS) is 28.9. The van der Waals surface area contributed by atoms with Crippen molar-refractivity contribution in [2.75, 3.05) is 7.11 Å². The largest absolute Gasteiger partial charge is 0.481 e. The number of amides is 1. The average molecular weight is 257 g/mol. The van der Waals surface area contributed by atoms with Gasteiger partial charge in [-0.2, -0.15) is 0 Å². The molecule has 3 unspecified atom stereocenters. The maximum Gasteiger partial charge on any atom is 0.311 e. The van der Waals surface area contributed by atoms with Crippen molar-refractivity contribution >= 4 is 11.9 Å². The van der Waals surface area contributed by atoms with Crippen molar-refractivity contribution in [2.24, 2.45) is 5.41 Å². The Bertz CT molecular complexity index is 318. The molecular formula is C13H23NO4. The second kappa shape index (κ2) is 6.18. The van der Waals surface area contributed by atoms with Gasteiger partial charge in [-0.3, -0.25) is 9.59 Å². The summed E-state index contributed by atoms with van der Waals surface area (Å²) in [6.45, 7) is 3.62. The second-order valence-electron chi connectivity index (χ2n) is 5.32. The predicted molar refractivity (Wildman–Crippen MR) is 67.2 cm³/mol. The summed E-state index contributed by atoms with van der Waals surface area (Å²) in [5.41, 5.74) is -0.817. The van der Waals surface area contributed by atoms with Crippen LogP contribution in [0.2, 0.25) is 0 Å². The molecule has 1 amide bonds. The molecule has 0 spiro atoms. The molecule has 0 aliphatic heterocycles. The molecule has 1 saturated carbocycles. The van der Waals surface area contributed by atoms with Gasteiger partial charge in [-0.05, 0) is 33.1 Å². The number of ether oxygens (including phenoxy) is 1. The van der Waals surface area contributed by atoms with Crippen LogP contribution in [0.4, 0.5) is 0 Å². The van der Waals surface area contributed by atoms with Crippen molar-refractivity contribution in [3.8, 4) is 0 Å². The van der Waals surface area contributed by atoms with E-state index in [0.29, 0.717) is 19.3 Å². The first-order valence-corrected chi connectivity index (χ1v) is 6.45. The predicted octanol–water partition coefficient (Wildman–Crippen LogP) is 1.56. The number of carboxylic acid groups (broad SMARTS) is 1. The minimum absolute atomic E-state index is 0.0465. The van der Waals surface area contributed by atoms with E-state index in [4.69, 9.17) is 4.74 Å². The molecule has 1 aliphatic rings. The quantitative estimate of drug-likeness (QED) is 0.757. The Hall–Kier alpha value is -1.10. The SMILES string of the molecule is COC(C)CCC(=O)NC1CCCC1(C)C(=O)O. The van der Waals surface area contributed by atoms with Crippen LogP contribution in [-0.4, -0.2) is 36.2 Å². The van der Waals surface area contributed by atoms with E-state index >= 15 is 0 Å². The summed E-state index contributed by atoms with van der Waals surface area (Å²) in [5, 5.41) is 12.1. The number of nitrogens with one attached hydrogen (secondary N) is 1. The first-order chi connectivity index (χ1) is 8.40. The standard InChI is InChI=1S/C13H23NO4/c1-9(18-3)6-7-11(15)14-10-5-4-8-13(10,2)12(16)17/h9-10H,4-8H2,1-3H3,(H,14,15)(H,16,17). The van der Waals surface area contributed by atoms with E-state index in [1.54, 1.807) is 14.0 Å². The molecule has 2 N–H and O–H groups in total. The summed E-state index contributed by atoms with van der Waals surface area (Å²) in [6.07, 6.45) is 3.29. The first kappa shape index (κ1) is 15.0. The summed E-state index contributed by atoms with van der Waals surface area (Å²) in [4.78, 5) is 23.0. The van der Waals surface area contributed by atoms with E-state index in [0.717, 1.165) is 12.8 Å². The van der Waals surface area contributed by atoms with Crippen LogP contribution in [0.25, 0.3) is 0 Å². The minimum atomic E-state index is -0.824. The fourth-order valence-electron chi connectivity index (χ4n) is 2.37. The minimum Gasteiger partial charge on any atom is -0.481 e. The topological polar surface area (TPSA) is 75.6 Å². The third-order valence-corrected chi connectivity index (χ3v) is 3.96. The summed E-state index contributed by atoms with van der Waals surface area (Å²) in [6, 6.07) is -0.250. The van der Waals surface area contributed by atoms with Crippen LogP contribution in [0.5, 0.6) is 0 Å². The van der Waals surface area contributed by atoms with E-state index in [2.05, 4.69) is 5.32 Å². The number of carboxylic acids is 1. The zero-order valence-electron chi connectivity index (χ0n) is 11.4. The van der Waals surface area contributed by atoms with Gasteiger partial charge < -0.3 is 15.2 Å². The van der Waals surface area contributed by atoms with Gasteiger partial charge in [0.25, 0.3) is 0 Å². The summed E-state index contributed by atoms with van der Waals surface area (Å²) in [5.74, 6) is -0.908. The van der Waals surface area contributed by atoms with Gasteiger partial charge in [0.1, 0.15) is 0 Å². The highest BCUT2D eigenvalue weighted by molar-refractivity contribution is 5.80. The van der Waals surface area contributed by atoms with Gasteiger partial charge in [0.05, 0.1) is 11.5 Å². The van der Waals surface area contributed by atoms with E-state index in [-0.39, 0.29) is 18.1 Å². The van der Waals surface area contributed by atoms with Crippen molar-refractivity contribution < 1.29 is 19.4 Å². The van der Waals surface area contributed by atoms with Gasteiger partial charge in [-0.1, -0.05) is 6.42 Å². The third-order valence-electron chi connectivity index (χ3n) is 3.96. The number of aliphatic carboxylic acids is 1. The maximum atomic E-state index is 11.8. The number of hydrogen-bond acceptors (Lipinski definition) is 3. The zero-order valence-corrected chi connectivity index (χ0v) is 11.4. The van der Waals surface area contributed by atoms with Gasteiger partial charge in [0.15, 0.2) is 0 Å². The second-order valence-corrected chi connectivity index (χ2v) is 5.32. The van der Waals surface area contributed by atoms with Crippen molar-refractivity contribution in [2.45, 2.75) is 58.1 Å². The zero-order chi connectivity index (χ0) is 13.8. The molecular weight excluding hydrogens is 234 g/mol. The maximum absolute atomic E-state index is 11.8. The molecule has 0 heterocycles. The molecule has 1 fully saturated rings. The van der Waals surface area contributed by atoms with E-state index in [1.165, 1.54) is 0 Å². The van der Waals surface area contributed by atoms with Gasteiger partial charge in [-0.25, -0.2) is 0 Å². The molecule has 0 aromatic carbocycles. The van der Waals surface area contributed by atoms with Crippen LogP contribution in [0.3, 0.4) is 0 Å². The molecule has 0 aromatic heterocycles. The van der Waals surface area contributed by atoms with Gasteiger partial charge >= 0.3 is 5.97 Å². The molecule has 0 bridgehead atoms. The Balaban J connectivity index is 2.46. The molecule has 0 aromatic rings. The molecule has 18 heavy (non-hydrogen) atoms. The average Bonchev–Trinajstić information content (AvgIpc) is 2.69. The van der Waals surface area contributed by atoms with E-state index in [1.807, 2.05) is 6.92 Å². The Morgan fingerprint density at radius 1 is 1.56 bits per heavy atom. The fraction of sp³-hybridized carbons (Fsp3) is 0.846. The summed E-state index contributed by atoms with van der Waals surface area (Å²) < 4.78 is 5.08. The molecule has 5 heteroatoms. The number of methoxy groups -OCH3 is 1. The highest BCUT2D eigenvalue weighted by Gasteiger charge is 2.45. The molecule has 104 valence electrons. The van der Waals surface area contributed by atoms with Crippen LogP contribution in [0, 0.1) is 5.41 Å². The lowest BCUT2D eigenvalue weighted by Crippen LogP contribution is -2.47. The van der Waals surface area contributed by atoms with Gasteiger partial charge in [0, 0.05) is 19.6 Å².